The van der Waals surface area contributed by atoms with E-state index in [0.717, 1.165) is 19.4 Å². The minimum atomic E-state index is 0.319. The summed E-state index contributed by atoms with van der Waals surface area (Å²) in [6, 6.07) is 0.404. The zero-order valence-corrected chi connectivity index (χ0v) is 10.9. The number of likely N-dealkylation sites (tertiary alicyclic amines) is 1. The number of nitrogens with zero attached hydrogens (tertiary/aromatic N) is 1. The van der Waals surface area contributed by atoms with Crippen molar-refractivity contribution in [3.63, 3.8) is 0 Å². The van der Waals surface area contributed by atoms with Crippen molar-refractivity contribution in [2.24, 2.45) is 17.6 Å². The monoisotopic (exact) mass is 226 g/mol. The van der Waals surface area contributed by atoms with E-state index in [9.17, 15) is 4.79 Å². The van der Waals surface area contributed by atoms with Gasteiger partial charge >= 0.3 is 0 Å². The normalized spacial score (nSPS) is 30.5. The maximum atomic E-state index is 12.1. The average Bonchev–Trinajstić information content (AvgIpc) is 2.23. The lowest BCUT2D eigenvalue weighted by Crippen LogP contribution is -2.48. The van der Waals surface area contributed by atoms with Crippen molar-refractivity contribution >= 4 is 5.91 Å². The molecule has 1 aliphatic rings. The molecular weight excluding hydrogens is 200 g/mol. The molecule has 1 amide bonds. The summed E-state index contributed by atoms with van der Waals surface area (Å²) < 4.78 is 0. The molecule has 0 bridgehead atoms. The van der Waals surface area contributed by atoms with Crippen LogP contribution in [0.25, 0.3) is 0 Å². The molecule has 0 aliphatic carbocycles. The van der Waals surface area contributed by atoms with Crippen LogP contribution in [0.5, 0.6) is 0 Å². The summed E-state index contributed by atoms with van der Waals surface area (Å²) in [4.78, 5) is 14.1. The van der Waals surface area contributed by atoms with Gasteiger partial charge in [0, 0.05) is 19.0 Å². The minimum Gasteiger partial charge on any atom is -0.339 e. The van der Waals surface area contributed by atoms with Crippen LogP contribution in [-0.4, -0.2) is 29.9 Å². The van der Waals surface area contributed by atoms with E-state index < -0.39 is 0 Å². The fraction of sp³-hybridized carbons (Fsp3) is 0.923. The fourth-order valence-electron chi connectivity index (χ4n) is 2.61. The molecule has 3 unspecified atom stereocenters. The molecule has 1 heterocycles. The van der Waals surface area contributed by atoms with Gasteiger partial charge < -0.3 is 10.6 Å². The molecule has 1 aliphatic heterocycles. The first-order chi connectivity index (χ1) is 7.56. The van der Waals surface area contributed by atoms with Crippen LogP contribution in [0, 0.1) is 11.8 Å². The first kappa shape index (κ1) is 13.5. The Morgan fingerprint density at radius 1 is 1.31 bits per heavy atom. The van der Waals surface area contributed by atoms with E-state index in [-0.39, 0.29) is 0 Å². The molecule has 0 aromatic heterocycles. The standard InChI is InChI=1S/C13H26N2O/c1-10-8-11(2)12(3)15(9-10)13(16)6-4-5-7-14/h10-12H,4-9,14H2,1-3H3. The lowest BCUT2D eigenvalue weighted by atomic mass is 9.86. The van der Waals surface area contributed by atoms with Gasteiger partial charge in [-0.05, 0) is 44.6 Å². The van der Waals surface area contributed by atoms with Gasteiger partial charge in [-0.15, -0.1) is 0 Å². The molecule has 2 N–H and O–H groups in total. The lowest BCUT2D eigenvalue weighted by Gasteiger charge is -2.41. The Kier molecular flexibility index (Phi) is 5.26. The molecular formula is C13H26N2O. The van der Waals surface area contributed by atoms with E-state index >= 15 is 0 Å². The quantitative estimate of drug-likeness (QED) is 0.745. The van der Waals surface area contributed by atoms with E-state index in [1.807, 2.05) is 0 Å². The molecule has 3 heteroatoms. The summed E-state index contributed by atoms with van der Waals surface area (Å²) in [7, 11) is 0. The largest absolute Gasteiger partial charge is 0.339 e. The van der Waals surface area contributed by atoms with Gasteiger partial charge in [0.25, 0.3) is 0 Å². The highest BCUT2D eigenvalue weighted by atomic mass is 16.2. The van der Waals surface area contributed by atoms with E-state index in [4.69, 9.17) is 5.73 Å². The van der Waals surface area contributed by atoms with Gasteiger partial charge in [-0.1, -0.05) is 13.8 Å². The second kappa shape index (κ2) is 6.24. The van der Waals surface area contributed by atoms with Crippen LogP contribution in [-0.2, 0) is 4.79 Å². The SMILES string of the molecule is CC1CC(C)C(C)N(C(=O)CCCCN)C1. The maximum Gasteiger partial charge on any atom is 0.222 e. The van der Waals surface area contributed by atoms with Gasteiger partial charge in [-0.3, -0.25) is 4.79 Å². The van der Waals surface area contributed by atoms with Crippen molar-refractivity contribution < 1.29 is 4.79 Å². The highest BCUT2D eigenvalue weighted by molar-refractivity contribution is 5.76. The Bertz CT molecular complexity index is 230. The summed E-state index contributed by atoms with van der Waals surface area (Å²) in [6.07, 6.45) is 3.80. The Morgan fingerprint density at radius 3 is 2.62 bits per heavy atom. The highest BCUT2D eigenvalue weighted by Crippen LogP contribution is 2.27. The van der Waals surface area contributed by atoms with Gasteiger partial charge in [0.15, 0.2) is 0 Å². The van der Waals surface area contributed by atoms with Crippen LogP contribution in [0.3, 0.4) is 0 Å². The molecule has 0 spiro atoms. The highest BCUT2D eigenvalue weighted by Gasteiger charge is 2.31. The van der Waals surface area contributed by atoms with Gasteiger partial charge in [-0.25, -0.2) is 0 Å². The van der Waals surface area contributed by atoms with Crippen LogP contribution >= 0.6 is 0 Å². The number of carbonyl (C=O) groups excluding carboxylic acids is 1. The van der Waals surface area contributed by atoms with Crippen molar-refractivity contribution in [2.45, 2.75) is 52.5 Å². The van der Waals surface area contributed by atoms with E-state index in [1.54, 1.807) is 0 Å². The lowest BCUT2D eigenvalue weighted by molar-refractivity contribution is -0.137. The van der Waals surface area contributed by atoms with Crippen LogP contribution in [0.4, 0.5) is 0 Å². The summed E-state index contributed by atoms with van der Waals surface area (Å²) in [6.45, 7) is 8.29. The number of hydrogen-bond acceptors (Lipinski definition) is 2. The Labute approximate surface area is 99.4 Å². The molecule has 3 nitrogen and oxygen atoms in total. The summed E-state index contributed by atoms with van der Waals surface area (Å²) in [5.41, 5.74) is 5.44. The maximum absolute atomic E-state index is 12.1. The predicted molar refractivity (Wildman–Crippen MR) is 67.0 cm³/mol. The summed E-state index contributed by atoms with van der Waals surface area (Å²) >= 11 is 0. The van der Waals surface area contributed by atoms with Crippen molar-refractivity contribution in [1.29, 1.82) is 0 Å². The second-order valence-corrected chi connectivity index (χ2v) is 5.35. The Balaban J connectivity index is 2.46. The van der Waals surface area contributed by atoms with Crippen LogP contribution in [0.2, 0.25) is 0 Å². The minimum absolute atomic E-state index is 0.319. The summed E-state index contributed by atoms with van der Waals surface area (Å²) in [5, 5.41) is 0. The molecule has 16 heavy (non-hydrogen) atoms. The third kappa shape index (κ3) is 3.48. The summed E-state index contributed by atoms with van der Waals surface area (Å²) in [5.74, 6) is 1.59. The van der Waals surface area contributed by atoms with Crippen molar-refractivity contribution in [3.8, 4) is 0 Å². The first-order valence-corrected chi connectivity index (χ1v) is 6.55. The molecule has 3 atom stereocenters. The van der Waals surface area contributed by atoms with Crippen molar-refractivity contribution in [2.75, 3.05) is 13.1 Å². The van der Waals surface area contributed by atoms with Crippen molar-refractivity contribution in [3.05, 3.63) is 0 Å². The Hall–Kier alpha value is -0.570. The zero-order chi connectivity index (χ0) is 12.1. The molecule has 0 radical (unpaired) electrons. The zero-order valence-electron chi connectivity index (χ0n) is 10.9. The van der Waals surface area contributed by atoms with Crippen molar-refractivity contribution in [1.82, 2.24) is 4.90 Å². The Morgan fingerprint density at radius 2 is 2.00 bits per heavy atom. The third-order valence-corrected chi connectivity index (χ3v) is 3.76. The van der Waals surface area contributed by atoms with E-state index in [1.165, 1.54) is 6.42 Å². The predicted octanol–water partition coefficient (Wildman–Crippen LogP) is 2.01. The topological polar surface area (TPSA) is 46.3 Å². The molecule has 0 aromatic rings. The van der Waals surface area contributed by atoms with Crippen LogP contribution in [0.15, 0.2) is 0 Å². The fourth-order valence-corrected chi connectivity index (χ4v) is 2.61. The van der Waals surface area contributed by atoms with E-state index in [0.29, 0.717) is 36.8 Å². The van der Waals surface area contributed by atoms with Gasteiger partial charge in [0.1, 0.15) is 0 Å². The molecule has 0 aromatic carbocycles. The van der Waals surface area contributed by atoms with Gasteiger partial charge in [-0.2, -0.15) is 0 Å². The van der Waals surface area contributed by atoms with E-state index in [2.05, 4.69) is 25.7 Å². The molecule has 1 saturated heterocycles. The van der Waals surface area contributed by atoms with Gasteiger partial charge in [0.2, 0.25) is 5.91 Å². The molecule has 0 saturated carbocycles. The number of rotatable bonds is 4. The average molecular weight is 226 g/mol. The second-order valence-electron chi connectivity index (χ2n) is 5.35. The van der Waals surface area contributed by atoms with Crippen LogP contribution in [0.1, 0.15) is 46.5 Å². The van der Waals surface area contributed by atoms with Gasteiger partial charge in [0.05, 0.1) is 0 Å². The number of unbranched alkanes of at least 4 members (excludes halogenated alkanes) is 1. The molecule has 1 fully saturated rings. The first-order valence-electron chi connectivity index (χ1n) is 6.55. The number of piperidine rings is 1. The van der Waals surface area contributed by atoms with Crippen LogP contribution < -0.4 is 5.73 Å². The number of carbonyl (C=O) groups is 1. The number of hydrogen-bond donors (Lipinski definition) is 1. The molecule has 94 valence electrons. The third-order valence-electron chi connectivity index (χ3n) is 3.76. The number of amides is 1. The molecule has 1 rings (SSSR count). The number of nitrogens with two attached hydrogens (primary N) is 1. The smallest absolute Gasteiger partial charge is 0.222 e.